The maximum Gasteiger partial charge on any atom is 0.115 e. The number of phenolic OH excluding ortho intramolecular Hbond substituents is 1. The Morgan fingerprint density at radius 1 is 0.615 bits per heavy atom. The van der Waals surface area contributed by atoms with Crippen molar-refractivity contribution in [1.29, 1.82) is 0 Å². The molecule has 0 saturated heterocycles. The predicted molar refractivity (Wildman–Crippen MR) is 115 cm³/mol. The minimum Gasteiger partial charge on any atom is -0.508 e. The summed E-state index contributed by atoms with van der Waals surface area (Å²) in [6, 6.07) is 7.47. The van der Waals surface area contributed by atoms with Gasteiger partial charge in [0.15, 0.2) is 0 Å². The first-order valence-corrected chi connectivity index (χ1v) is 11.3. The van der Waals surface area contributed by atoms with Gasteiger partial charge in [0.2, 0.25) is 0 Å². The highest BCUT2D eigenvalue weighted by atomic mass is 16.3. The number of rotatable bonds is 18. The third-order valence-corrected chi connectivity index (χ3v) is 5.22. The SMILES string of the molecule is CCCCCCCCCCCCCCCCCNCc1ccc(O)cc1. The van der Waals surface area contributed by atoms with E-state index in [0.29, 0.717) is 5.75 Å². The Morgan fingerprint density at radius 2 is 1.04 bits per heavy atom. The van der Waals surface area contributed by atoms with Crippen LogP contribution >= 0.6 is 0 Å². The smallest absolute Gasteiger partial charge is 0.115 e. The lowest BCUT2D eigenvalue weighted by Crippen LogP contribution is -2.14. The molecule has 1 aromatic rings. The van der Waals surface area contributed by atoms with Gasteiger partial charge in [-0.05, 0) is 30.7 Å². The van der Waals surface area contributed by atoms with E-state index in [1.54, 1.807) is 12.1 Å². The van der Waals surface area contributed by atoms with Gasteiger partial charge in [0.05, 0.1) is 0 Å². The molecule has 0 radical (unpaired) electrons. The highest BCUT2D eigenvalue weighted by Crippen LogP contribution is 2.13. The van der Waals surface area contributed by atoms with Gasteiger partial charge in [-0.15, -0.1) is 0 Å². The summed E-state index contributed by atoms with van der Waals surface area (Å²) in [7, 11) is 0. The van der Waals surface area contributed by atoms with Gasteiger partial charge in [0.1, 0.15) is 5.75 Å². The molecule has 26 heavy (non-hydrogen) atoms. The zero-order valence-corrected chi connectivity index (χ0v) is 17.3. The summed E-state index contributed by atoms with van der Waals surface area (Å²) in [6.07, 6.45) is 21.2. The van der Waals surface area contributed by atoms with Crippen LogP contribution in [0, 0.1) is 0 Å². The zero-order chi connectivity index (χ0) is 18.7. The lowest BCUT2D eigenvalue weighted by molar-refractivity contribution is 0.475. The standard InChI is InChI=1S/C24H43NO/c1-2-3-4-5-6-7-8-9-10-11-12-13-14-15-16-21-25-22-23-17-19-24(26)20-18-23/h17-20,25-26H,2-16,21-22H2,1H3. The molecule has 2 N–H and O–H groups in total. The molecule has 0 aliphatic rings. The Bertz CT molecular complexity index is 401. The molecule has 1 rings (SSSR count). The van der Waals surface area contributed by atoms with Crippen LogP contribution in [0.15, 0.2) is 24.3 Å². The molecule has 2 nitrogen and oxygen atoms in total. The van der Waals surface area contributed by atoms with Crippen LogP contribution in [0.5, 0.6) is 5.75 Å². The number of hydrogen-bond acceptors (Lipinski definition) is 2. The molecular weight excluding hydrogens is 318 g/mol. The molecule has 150 valence electrons. The van der Waals surface area contributed by atoms with Crippen LogP contribution in [-0.4, -0.2) is 11.7 Å². The van der Waals surface area contributed by atoms with E-state index >= 15 is 0 Å². The van der Waals surface area contributed by atoms with Crippen LogP contribution < -0.4 is 5.32 Å². The van der Waals surface area contributed by atoms with Gasteiger partial charge in [0, 0.05) is 6.54 Å². The average Bonchev–Trinajstić information content (AvgIpc) is 2.66. The van der Waals surface area contributed by atoms with E-state index < -0.39 is 0 Å². The lowest BCUT2D eigenvalue weighted by Gasteiger charge is -2.06. The highest BCUT2D eigenvalue weighted by molar-refractivity contribution is 5.25. The summed E-state index contributed by atoms with van der Waals surface area (Å²) in [4.78, 5) is 0. The fraction of sp³-hybridized carbons (Fsp3) is 0.750. The average molecular weight is 362 g/mol. The third kappa shape index (κ3) is 14.2. The quantitative estimate of drug-likeness (QED) is 0.268. The second-order valence-corrected chi connectivity index (χ2v) is 7.79. The van der Waals surface area contributed by atoms with E-state index in [1.807, 2.05) is 12.1 Å². The summed E-state index contributed by atoms with van der Waals surface area (Å²) in [5.74, 6) is 0.344. The summed E-state index contributed by atoms with van der Waals surface area (Å²) < 4.78 is 0. The number of hydrogen-bond donors (Lipinski definition) is 2. The lowest BCUT2D eigenvalue weighted by atomic mass is 10.0. The largest absolute Gasteiger partial charge is 0.508 e. The zero-order valence-electron chi connectivity index (χ0n) is 17.3. The first-order chi connectivity index (χ1) is 12.8. The second-order valence-electron chi connectivity index (χ2n) is 7.79. The predicted octanol–water partition coefficient (Wildman–Crippen LogP) is 7.35. The first-order valence-electron chi connectivity index (χ1n) is 11.3. The van der Waals surface area contributed by atoms with E-state index in [4.69, 9.17) is 0 Å². The molecule has 0 fully saturated rings. The van der Waals surface area contributed by atoms with Crippen LogP contribution in [-0.2, 0) is 6.54 Å². The fourth-order valence-electron chi connectivity index (χ4n) is 3.47. The van der Waals surface area contributed by atoms with Gasteiger partial charge >= 0.3 is 0 Å². The van der Waals surface area contributed by atoms with E-state index in [-0.39, 0.29) is 0 Å². The Labute approximate surface area is 162 Å². The molecular formula is C24H43NO. The van der Waals surface area contributed by atoms with Crippen LogP contribution in [0.25, 0.3) is 0 Å². The van der Waals surface area contributed by atoms with Crippen LogP contribution in [0.3, 0.4) is 0 Å². The molecule has 0 atom stereocenters. The van der Waals surface area contributed by atoms with E-state index in [0.717, 1.165) is 13.1 Å². The number of nitrogens with one attached hydrogen (secondary N) is 1. The van der Waals surface area contributed by atoms with E-state index in [2.05, 4.69) is 12.2 Å². The Hall–Kier alpha value is -1.02. The van der Waals surface area contributed by atoms with Gasteiger partial charge in [-0.3, -0.25) is 0 Å². The molecule has 1 aromatic carbocycles. The van der Waals surface area contributed by atoms with Crippen molar-refractivity contribution >= 4 is 0 Å². The van der Waals surface area contributed by atoms with Crippen molar-refractivity contribution in [2.45, 2.75) is 110 Å². The van der Waals surface area contributed by atoms with Crippen LogP contribution in [0.4, 0.5) is 0 Å². The maximum absolute atomic E-state index is 9.26. The van der Waals surface area contributed by atoms with Crippen molar-refractivity contribution in [1.82, 2.24) is 5.32 Å². The minimum atomic E-state index is 0.344. The molecule has 0 unspecified atom stereocenters. The van der Waals surface area contributed by atoms with Crippen molar-refractivity contribution in [3.63, 3.8) is 0 Å². The molecule has 0 spiro atoms. The van der Waals surface area contributed by atoms with E-state index in [9.17, 15) is 5.11 Å². The van der Waals surface area contributed by atoms with Crippen molar-refractivity contribution < 1.29 is 5.11 Å². The molecule has 2 heteroatoms. The molecule has 0 saturated carbocycles. The summed E-state index contributed by atoms with van der Waals surface area (Å²) >= 11 is 0. The topological polar surface area (TPSA) is 32.3 Å². The van der Waals surface area contributed by atoms with Crippen LogP contribution in [0.2, 0.25) is 0 Å². The molecule has 0 amide bonds. The molecule has 0 bridgehead atoms. The Morgan fingerprint density at radius 3 is 1.50 bits per heavy atom. The van der Waals surface area contributed by atoms with Gasteiger partial charge < -0.3 is 10.4 Å². The van der Waals surface area contributed by atoms with Gasteiger partial charge in [-0.25, -0.2) is 0 Å². The highest BCUT2D eigenvalue weighted by Gasteiger charge is 1.95. The normalized spacial score (nSPS) is 11.1. The molecule has 0 aliphatic carbocycles. The van der Waals surface area contributed by atoms with Gasteiger partial charge in [-0.2, -0.15) is 0 Å². The summed E-state index contributed by atoms with van der Waals surface area (Å²) in [6.45, 7) is 4.29. The van der Waals surface area contributed by atoms with Crippen LogP contribution in [0.1, 0.15) is 109 Å². The Kier molecular flexibility index (Phi) is 15.4. The van der Waals surface area contributed by atoms with Gasteiger partial charge in [-0.1, -0.05) is 109 Å². The fourth-order valence-corrected chi connectivity index (χ4v) is 3.47. The number of benzene rings is 1. The molecule has 0 aliphatic heterocycles. The monoisotopic (exact) mass is 361 g/mol. The van der Waals surface area contributed by atoms with E-state index in [1.165, 1.54) is 102 Å². The van der Waals surface area contributed by atoms with Crippen molar-refractivity contribution in [2.24, 2.45) is 0 Å². The number of unbranched alkanes of at least 4 members (excludes halogenated alkanes) is 14. The third-order valence-electron chi connectivity index (χ3n) is 5.22. The summed E-state index contributed by atoms with van der Waals surface area (Å²) in [5.41, 5.74) is 1.24. The molecule has 0 heterocycles. The van der Waals surface area contributed by atoms with Gasteiger partial charge in [0.25, 0.3) is 0 Å². The first kappa shape index (κ1) is 23.0. The number of phenols is 1. The second kappa shape index (κ2) is 17.4. The Balaban J connectivity index is 1.72. The minimum absolute atomic E-state index is 0.344. The van der Waals surface area contributed by atoms with Crippen molar-refractivity contribution in [3.8, 4) is 5.75 Å². The molecule has 0 aromatic heterocycles. The van der Waals surface area contributed by atoms with Crippen molar-refractivity contribution in [2.75, 3.05) is 6.54 Å². The van der Waals surface area contributed by atoms with Crippen molar-refractivity contribution in [3.05, 3.63) is 29.8 Å². The summed E-state index contributed by atoms with van der Waals surface area (Å²) in [5, 5.41) is 12.7. The maximum atomic E-state index is 9.26. The number of aromatic hydroxyl groups is 1.